The molecule has 0 fully saturated rings. The Morgan fingerprint density at radius 3 is 2.69 bits per heavy atom. The Labute approximate surface area is 159 Å². The minimum absolute atomic E-state index is 0.124. The Hall–Kier alpha value is -2.54. The van der Waals surface area contributed by atoms with E-state index in [1.807, 2.05) is 38.1 Å². The Kier molecular flexibility index (Phi) is 5.78. The van der Waals surface area contributed by atoms with Crippen LogP contribution in [0.1, 0.15) is 19.5 Å². The zero-order chi connectivity index (χ0) is 18.5. The van der Waals surface area contributed by atoms with Gasteiger partial charge in [-0.2, -0.15) is 0 Å². The lowest BCUT2D eigenvalue weighted by molar-refractivity contribution is 0.332. The molecule has 0 unspecified atom stereocenters. The molecule has 136 valence electrons. The number of anilines is 1. The van der Waals surface area contributed by atoms with Gasteiger partial charge in [-0.15, -0.1) is 0 Å². The van der Waals surface area contributed by atoms with Crippen LogP contribution < -0.4 is 20.3 Å². The van der Waals surface area contributed by atoms with E-state index in [0.717, 1.165) is 21.7 Å². The number of pyridine rings is 1. The molecule has 7 heteroatoms. The Bertz CT molecular complexity index is 972. The lowest BCUT2D eigenvalue weighted by Crippen LogP contribution is -2.17. The van der Waals surface area contributed by atoms with Gasteiger partial charge in [-0.1, -0.05) is 0 Å². The second kappa shape index (κ2) is 8.23. The normalized spacial score (nSPS) is 10.7. The highest BCUT2D eigenvalue weighted by Gasteiger charge is 2.08. The van der Waals surface area contributed by atoms with Gasteiger partial charge in [0.2, 0.25) is 0 Å². The van der Waals surface area contributed by atoms with Gasteiger partial charge in [0.25, 0.3) is 5.56 Å². The van der Waals surface area contributed by atoms with E-state index in [9.17, 15) is 4.79 Å². The number of halogens is 1. The van der Waals surface area contributed by atoms with Crippen molar-refractivity contribution in [3.63, 3.8) is 0 Å². The summed E-state index contributed by atoms with van der Waals surface area (Å²) in [6, 6.07) is 10.8. The molecule has 0 aliphatic rings. The number of hydrogen-bond acceptors (Lipinski definition) is 5. The third-order valence-corrected chi connectivity index (χ3v) is 4.17. The van der Waals surface area contributed by atoms with Crippen LogP contribution in [0.4, 0.5) is 5.69 Å². The molecule has 3 rings (SSSR count). The summed E-state index contributed by atoms with van der Waals surface area (Å²) in [5.74, 6) is 1.49. The molecule has 0 bridgehead atoms. The smallest absolute Gasteiger partial charge is 0.258 e. The van der Waals surface area contributed by atoms with Gasteiger partial charge in [0.05, 0.1) is 31.1 Å². The van der Waals surface area contributed by atoms with Crippen molar-refractivity contribution in [2.45, 2.75) is 20.4 Å². The van der Waals surface area contributed by atoms with Gasteiger partial charge in [0.1, 0.15) is 17.1 Å². The number of hydrogen-bond donors (Lipinski definition) is 1. The summed E-state index contributed by atoms with van der Waals surface area (Å²) in [7, 11) is 0. The number of nitrogens with one attached hydrogen (secondary N) is 1. The van der Waals surface area contributed by atoms with Crippen LogP contribution in [-0.2, 0) is 6.54 Å². The van der Waals surface area contributed by atoms with E-state index in [4.69, 9.17) is 9.47 Å². The Morgan fingerprint density at radius 2 is 1.92 bits per heavy atom. The van der Waals surface area contributed by atoms with Crippen LogP contribution in [0.3, 0.4) is 0 Å². The zero-order valence-electron chi connectivity index (χ0n) is 14.7. The first-order valence-corrected chi connectivity index (χ1v) is 9.21. The number of benzene rings is 1. The topological polar surface area (TPSA) is 64.9 Å². The molecule has 2 aromatic heterocycles. The Balaban J connectivity index is 1.86. The lowest BCUT2D eigenvalue weighted by Gasteiger charge is -2.14. The highest BCUT2D eigenvalue weighted by molar-refractivity contribution is 9.10. The summed E-state index contributed by atoms with van der Waals surface area (Å²) in [4.78, 5) is 16.8. The van der Waals surface area contributed by atoms with Crippen molar-refractivity contribution in [1.82, 2.24) is 9.38 Å². The van der Waals surface area contributed by atoms with E-state index >= 15 is 0 Å². The van der Waals surface area contributed by atoms with Crippen LogP contribution in [0.25, 0.3) is 5.65 Å². The summed E-state index contributed by atoms with van der Waals surface area (Å²) in [6.45, 7) is 5.43. The minimum atomic E-state index is -0.124. The maximum atomic E-state index is 12.3. The van der Waals surface area contributed by atoms with Crippen LogP contribution in [-0.4, -0.2) is 22.6 Å². The fourth-order valence-corrected chi connectivity index (χ4v) is 2.92. The van der Waals surface area contributed by atoms with Crippen molar-refractivity contribution in [2.24, 2.45) is 0 Å². The average Bonchev–Trinajstić information content (AvgIpc) is 2.63. The molecular weight excluding hydrogens is 398 g/mol. The monoisotopic (exact) mass is 417 g/mol. The highest BCUT2D eigenvalue weighted by Crippen LogP contribution is 2.29. The molecule has 0 radical (unpaired) electrons. The predicted molar refractivity (Wildman–Crippen MR) is 105 cm³/mol. The van der Waals surface area contributed by atoms with Crippen LogP contribution in [0.15, 0.2) is 51.9 Å². The summed E-state index contributed by atoms with van der Waals surface area (Å²) in [5.41, 5.74) is 1.93. The first-order chi connectivity index (χ1) is 12.6. The van der Waals surface area contributed by atoms with E-state index in [1.54, 1.807) is 12.3 Å². The molecular formula is C19H20BrN3O3. The average molecular weight is 418 g/mol. The second-order valence-corrected chi connectivity index (χ2v) is 6.45. The van der Waals surface area contributed by atoms with E-state index in [0.29, 0.717) is 31.1 Å². The molecule has 0 aliphatic carbocycles. The highest BCUT2D eigenvalue weighted by atomic mass is 79.9. The van der Waals surface area contributed by atoms with Gasteiger partial charge in [0.15, 0.2) is 0 Å². The molecule has 1 N–H and O–H groups in total. The number of nitrogens with zero attached hydrogens (tertiary/aromatic N) is 2. The summed E-state index contributed by atoms with van der Waals surface area (Å²) < 4.78 is 13.5. The van der Waals surface area contributed by atoms with Crippen molar-refractivity contribution in [2.75, 3.05) is 18.5 Å². The summed E-state index contributed by atoms with van der Waals surface area (Å²) in [5, 5.41) is 3.29. The second-order valence-electron chi connectivity index (χ2n) is 5.54. The molecule has 0 aliphatic heterocycles. The minimum Gasteiger partial charge on any atom is -0.494 e. The third-order valence-electron chi connectivity index (χ3n) is 3.70. The van der Waals surface area contributed by atoms with Crippen molar-refractivity contribution in [1.29, 1.82) is 0 Å². The van der Waals surface area contributed by atoms with Crippen molar-refractivity contribution >= 4 is 27.3 Å². The van der Waals surface area contributed by atoms with Gasteiger partial charge in [-0.25, -0.2) is 4.98 Å². The molecule has 26 heavy (non-hydrogen) atoms. The summed E-state index contributed by atoms with van der Waals surface area (Å²) in [6.07, 6.45) is 1.71. The quantitative estimate of drug-likeness (QED) is 0.631. The van der Waals surface area contributed by atoms with E-state index in [2.05, 4.69) is 26.2 Å². The van der Waals surface area contributed by atoms with Gasteiger partial charge in [0, 0.05) is 22.8 Å². The summed E-state index contributed by atoms with van der Waals surface area (Å²) >= 11 is 3.36. The molecule has 6 nitrogen and oxygen atoms in total. The van der Waals surface area contributed by atoms with Gasteiger partial charge in [-0.05, 0) is 54.0 Å². The van der Waals surface area contributed by atoms with E-state index in [1.165, 1.54) is 10.5 Å². The molecule has 0 atom stereocenters. The standard InChI is InChI=1S/C19H20BrN3O3/c1-3-25-15-6-7-17(26-4-2)16(10-15)21-11-14-9-19(24)23-12-13(20)5-8-18(23)22-14/h5-10,12,21H,3-4,11H2,1-2H3. The molecule has 2 heterocycles. The number of ether oxygens (including phenoxy) is 2. The van der Waals surface area contributed by atoms with Crippen molar-refractivity contribution in [3.8, 4) is 11.5 Å². The fourth-order valence-electron chi connectivity index (χ4n) is 2.59. The predicted octanol–water partition coefficient (Wildman–Crippen LogP) is 3.87. The van der Waals surface area contributed by atoms with Crippen LogP contribution in [0.2, 0.25) is 0 Å². The zero-order valence-corrected chi connectivity index (χ0v) is 16.2. The molecule has 1 aromatic carbocycles. The van der Waals surface area contributed by atoms with Crippen LogP contribution in [0.5, 0.6) is 11.5 Å². The molecule has 0 amide bonds. The number of fused-ring (bicyclic) bond motifs is 1. The van der Waals surface area contributed by atoms with Crippen molar-refractivity contribution < 1.29 is 9.47 Å². The van der Waals surface area contributed by atoms with Gasteiger partial charge in [-0.3, -0.25) is 9.20 Å². The lowest BCUT2D eigenvalue weighted by atomic mass is 10.2. The Morgan fingerprint density at radius 1 is 1.12 bits per heavy atom. The van der Waals surface area contributed by atoms with Gasteiger partial charge >= 0.3 is 0 Å². The molecule has 3 aromatic rings. The van der Waals surface area contributed by atoms with E-state index < -0.39 is 0 Å². The van der Waals surface area contributed by atoms with Crippen LogP contribution >= 0.6 is 15.9 Å². The fraction of sp³-hybridized carbons (Fsp3) is 0.263. The largest absolute Gasteiger partial charge is 0.494 e. The first kappa shape index (κ1) is 18.3. The van der Waals surface area contributed by atoms with E-state index in [-0.39, 0.29) is 5.56 Å². The molecule has 0 saturated carbocycles. The molecule has 0 spiro atoms. The van der Waals surface area contributed by atoms with Crippen LogP contribution in [0, 0.1) is 0 Å². The van der Waals surface area contributed by atoms with Gasteiger partial charge < -0.3 is 14.8 Å². The first-order valence-electron chi connectivity index (χ1n) is 8.42. The SMILES string of the molecule is CCOc1ccc(OCC)c(NCc2cc(=O)n3cc(Br)ccc3n2)c1. The maximum Gasteiger partial charge on any atom is 0.258 e. The number of rotatable bonds is 7. The maximum absolute atomic E-state index is 12.3. The third kappa shape index (κ3) is 4.16. The van der Waals surface area contributed by atoms with Crippen molar-refractivity contribution in [3.05, 3.63) is 63.1 Å². The number of aromatic nitrogens is 2. The molecule has 0 saturated heterocycles.